The third-order valence-electron chi connectivity index (χ3n) is 2.54. The summed E-state index contributed by atoms with van der Waals surface area (Å²) >= 11 is 0. The molecule has 1 amide bonds. The number of amides is 1. The maximum absolute atomic E-state index is 11.7. The minimum Gasteiger partial charge on any atom is -0.452 e. The Morgan fingerprint density at radius 1 is 1.20 bits per heavy atom. The van der Waals surface area contributed by atoms with Crippen LogP contribution in [-0.2, 0) is 20.9 Å². The van der Waals surface area contributed by atoms with Crippen molar-refractivity contribution in [1.29, 1.82) is 0 Å². The van der Waals surface area contributed by atoms with Gasteiger partial charge in [-0.15, -0.1) is 0 Å². The molecule has 0 radical (unpaired) electrons. The third-order valence-corrected chi connectivity index (χ3v) is 2.54. The zero-order valence-corrected chi connectivity index (χ0v) is 12.1. The fourth-order valence-electron chi connectivity index (χ4n) is 1.49. The number of ether oxygens (including phenoxy) is 2. The van der Waals surface area contributed by atoms with Crippen molar-refractivity contribution in [1.82, 2.24) is 5.32 Å². The van der Waals surface area contributed by atoms with Gasteiger partial charge in [0.05, 0.1) is 12.2 Å². The lowest BCUT2D eigenvalue weighted by molar-refractivity contribution is -0.124. The molecule has 0 unspecified atom stereocenters. The molecule has 1 rings (SSSR count). The van der Waals surface area contributed by atoms with Crippen LogP contribution < -0.4 is 5.32 Å². The molecule has 0 fully saturated rings. The Kier molecular flexibility index (Phi) is 6.73. The molecule has 0 aromatic heterocycles. The van der Waals surface area contributed by atoms with Crippen LogP contribution in [-0.4, -0.2) is 32.1 Å². The zero-order chi connectivity index (χ0) is 15.0. The Bertz CT molecular complexity index is 440. The Balaban J connectivity index is 2.40. The van der Waals surface area contributed by atoms with E-state index in [0.717, 1.165) is 5.56 Å². The van der Waals surface area contributed by atoms with Gasteiger partial charge >= 0.3 is 5.97 Å². The molecule has 5 heteroatoms. The van der Waals surface area contributed by atoms with Crippen molar-refractivity contribution >= 4 is 11.9 Å². The highest BCUT2D eigenvalue weighted by molar-refractivity contribution is 5.91. The van der Waals surface area contributed by atoms with E-state index in [2.05, 4.69) is 5.32 Å². The van der Waals surface area contributed by atoms with Gasteiger partial charge in [0.1, 0.15) is 0 Å². The summed E-state index contributed by atoms with van der Waals surface area (Å²) in [5.74, 6) is -0.431. The van der Waals surface area contributed by atoms with Crippen LogP contribution in [0.1, 0.15) is 29.8 Å². The number of rotatable bonds is 7. The van der Waals surface area contributed by atoms with Gasteiger partial charge in [-0.2, -0.15) is 0 Å². The van der Waals surface area contributed by atoms with E-state index in [4.69, 9.17) is 9.47 Å². The van der Waals surface area contributed by atoms with Crippen molar-refractivity contribution in [2.45, 2.75) is 20.5 Å². The monoisotopic (exact) mass is 279 g/mol. The van der Waals surface area contributed by atoms with Crippen LogP contribution in [0.2, 0.25) is 0 Å². The molecule has 5 nitrogen and oxygen atoms in total. The second kappa shape index (κ2) is 8.32. The molecule has 0 saturated heterocycles. The van der Waals surface area contributed by atoms with Gasteiger partial charge in [0.2, 0.25) is 0 Å². The lowest BCUT2D eigenvalue weighted by Crippen LogP contribution is -2.31. The topological polar surface area (TPSA) is 64.6 Å². The molecule has 1 N–H and O–H groups in total. The molecular weight excluding hydrogens is 258 g/mol. The Hall–Kier alpha value is -1.88. The van der Waals surface area contributed by atoms with E-state index in [0.29, 0.717) is 24.6 Å². The average molecular weight is 279 g/mol. The molecule has 0 spiro atoms. The van der Waals surface area contributed by atoms with Gasteiger partial charge in [0.25, 0.3) is 5.91 Å². The van der Waals surface area contributed by atoms with E-state index in [1.165, 1.54) is 0 Å². The number of carbonyl (C=O) groups is 2. The van der Waals surface area contributed by atoms with Gasteiger partial charge in [0, 0.05) is 13.7 Å². The van der Waals surface area contributed by atoms with Gasteiger partial charge < -0.3 is 14.8 Å². The second-order valence-electron chi connectivity index (χ2n) is 4.90. The minimum absolute atomic E-state index is 0.259. The summed E-state index contributed by atoms with van der Waals surface area (Å²) in [4.78, 5) is 23.1. The summed E-state index contributed by atoms with van der Waals surface area (Å²) in [6.45, 7) is 4.79. The highest BCUT2D eigenvalue weighted by Gasteiger charge is 2.10. The first-order valence-electron chi connectivity index (χ1n) is 6.54. The van der Waals surface area contributed by atoms with Crippen molar-refractivity contribution < 1.29 is 19.1 Å². The zero-order valence-electron chi connectivity index (χ0n) is 12.1. The summed E-state index contributed by atoms with van der Waals surface area (Å²) in [7, 11) is 1.61. The highest BCUT2D eigenvalue weighted by atomic mass is 16.5. The van der Waals surface area contributed by atoms with Crippen LogP contribution in [0.25, 0.3) is 0 Å². The van der Waals surface area contributed by atoms with Crippen molar-refractivity contribution in [2.75, 3.05) is 20.3 Å². The molecule has 0 atom stereocenters. The SMILES string of the molecule is COCc1ccc(C(=O)OCC(=O)NCC(C)C)cc1. The van der Waals surface area contributed by atoms with E-state index in [1.807, 2.05) is 13.8 Å². The fraction of sp³-hybridized carbons (Fsp3) is 0.467. The molecular formula is C15H21NO4. The number of nitrogens with one attached hydrogen (secondary N) is 1. The Morgan fingerprint density at radius 2 is 1.85 bits per heavy atom. The van der Waals surface area contributed by atoms with Gasteiger partial charge in [-0.05, 0) is 23.6 Å². The first-order valence-corrected chi connectivity index (χ1v) is 6.54. The maximum Gasteiger partial charge on any atom is 0.338 e. The molecule has 0 bridgehead atoms. The smallest absolute Gasteiger partial charge is 0.338 e. The summed E-state index contributed by atoms with van der Waals surface area (Å²) in [6, 6.07) is 6.89. The van der Waals surface area contributed by atoms with Gasteiger partial charge in [-0.25, -0.2) is 4.79 Å². The summed E-state index contributed by atoms with van der Waals surface area (Å²) in [6.07, 6.45) is 0. The lowest BCUT2D eigenvalue weighted by atomic mass is 10.1. The van der Waals surface area contributed by atoms with Crippen molar-refractivity contribution in [3.63, 3.8) is 0 Å². The molecule has 0 aliphatic rings. The minimum atomic E-state index is -0.506. The van der Waals surface area contributed by atoms with E-state index < -0.39 is 5.97 Å². The Labute approximate surface area is 119 Å². The van der Waals surface area contributed by atoms with Crippen molar-refractivity contribution in [3.05, 3.63) is 35.4 Å². The molecule has 0 aliphatic heterocycles. The average Bonchev–Trinajstić information content (AvgIpc) is 2.43. The second-order valence-corrected chi connectivity index (χ2v) is 4.90. The van der Waals surface area contributed by atoms with E-state index >= 15 is 0 Å². The van der Waals surface area contributed by atoms with Crippen LogP contribution >= 0.6 is 0 Å². The number of benzene rings is 1. The van der Waals surface area contributed by atoms with Crippen molar-refractivity contribution in [3.8, 4) is 0 Å². The molecule has 0 aliphatic carbocycles. The molecule has 1 aromatic rings. The van der Waals surface area contributed by atoms with E-state index in [9.17, 15) is 9.59 Å². The first kappa shape index (κ1) is 16.2. The van der Waals surface area contributed by atoms with E-state index in [1.54, 1.807) is 31.4 Å². The third kappa shape index (κ3) is 5.84. The molecule has 0 heterocycles. The molecule has 20 heavy (non-hydrogen) atoms. The quantitative estimate of drug-likeness (QED) is 0.772. The van der Waals surface area contributed by atoms with Crippen LogP contribution in [0.5, 0.6) is 0 Å². The Morgan fingerprint density at radius 3 is 2.40 bits per heavy atom. The largest absolute Gasteiger partial charge is 0.452 e. The fourth-order valence-corrected chi connectivity index (χ4v) is 1.49. The van der Waals surface area contributed by atoms with Crippen LogP contribution in [0.15, 0.2) is 24.3 Å². The van der Waals surface area contributed by atoms with Crippen LogP contribution in [0.3, 0.4) is 0 Å². The van der Waals surface area contributed by atoms with Gasteiger partial charge in [0.15, 0.2) is 6.61 Å². The normalized spacial score (nSPS) is 10.4. The number of methoxy groups -OCH3 is 1. The number of esters is 1. The van der Waals surface area contributed by atoms with Crippen LogP contribution in [0.4, 0.5) is 0 Å². The molecule has 110 valence electrons. The maximum atomic E-state index is 11.7. The molecule has 1 aromatic carbocycles. The van der Waals surface area contributed by atoms with Crippen LogP contribution in [0, 0.1) is 5.92 Å². The predicted octanol–water partition coefficient (Wildman–Crippen LogP) is 1.76. The number of hydrogen-bond acceptors (Lipinski definition) is 4. The summed E-state index contributed by atoms with van der Waals surface area (Å²) in [5.41, 5.74) is 1.39. The lowest BCUT2D eigenvalue weighted by Gasteiger charge is -2.08. The summed E-state index contributed by atoms with van der Waals surface area (Å²) < 4.78 is 9.92. The highest BCUT2D eigenvalue weighted by Crippen LogP contribution is 2.06. The summed E-state index contributed by atoms with van der Waals surface area (Å²) in [5, 5.41) is 2.68. The van der Waals surface area contributed by atoms with Crippen molar-refractivity contribution in [2.24, 2.45) is 5.92 Å². The van der Waals surface area contributed by atoms with Gasteiger partial charge in [-0.3, -0.25) is 4.79 Å². The van der Waals surface area contributed by atoms with Gasteiger partial charge in [-0.1, -0.05) is 26.0 Å². The first-order chi connectivity index (χ1) is 9.52. The number of carbonyl (C=O) groups excluding carboxylic acids is 2. The van der Waals surface area contributed by atoms with E-state index in [-0.39, 0.29) is 12.5 Å². The number of hydrogen-bond donors (Lipinski definition) is 1. The molecule has 0 saturated carbocycles. The standard InChI is InChI=1S/C15H21NO4/c1-11(2)8-16-14(17)10-20-15(18)13-6-4-12(5-7-13)9-19-3/h4-7,11H,8-10H2,1-3H3,(H,16,17). The predicted molar refractivity (Wildman–Crippen MR) is 75.3 cm³/mol.